The van der Waals surface area contributed by atoms with Crippen molar-refractivity contribution in [3.05, 3.63) is 35.4 Å². The van der Waals surface area contributed by atoms with Crippen molar-refractivity contribution >= 4 is 25.2 Å². The smallest absolute Gasteiger partial charge is 0.451 e. The lowest BCUT2D eigenvalue weighted by molar-refractivity contribution is -0.146. The first-order valence-corrected chi connectivity index (χ1v) is 11.0. The first-order valence-electron chi connectivity index (χ1n) is 10.2. The van der Waals surface area contributed by atoms with Gasteiger partial charge in [-0.25, -0.2) is 9.03 Å². The van der Waals surface area contributed by atoms with Crippen LogP contribution in [-0.4, -0.2) is 51.2 Å². The molecule has 0 radical (unpaired) electrons. The second-order valence-electron chi connectivity index (χ2n) is 7.88. The number of unbranched alkanes of at least 4 members (excludes halogenated alkanes) is 1. The van der Waals surface area contributed by atoms with Crippen LogP contribution in [-0.2, 0) is 17.5 Å². The number of nitrogens with two attached hydrogens (primary N) is 1. The summed E-state index contributed by atoms with van der Waals surface area (Å²) in [6.45, 7) is 1.67. The Morgan fingerprint density at radius 2 is 1.81 bits per heavy atom. The summed E-state index contributed by atoms with van der Waals surface area (Å²) < 4.78 is 43.0. The first-order chi connectivity index (χ1) is 14.5. The molecule has 0 bridgehead atoms. The van der Waals surface area contributed by atoms with Crippen molar-refractivity contribution in [2.45, 2.75) is 56.7 Å². The minimum absolute atomic E-state index is 0.184. The summed E-state index contributed by atoms with van der Waals surface area (Å²) in [5, 5.41) is 27.5. The molecule has 0 amide bonds. The Kier molecular flexibility index (Phi) is 9.65. The number of benzene rings is 1. The normalized spacial score (nSPS) is 18.0. The molecule has 1 unspecified atom stereocenters. The summed E-state index contributed by atoms with van der Waals surface area (Å²) in [7, 11) is -1.40. The lowest BCUT2D eigenvalue weighted by atomic mass is 9.74. The number of piperidine rings is 1. The predicted octanol–water partition coefficient (Wildman–Crippen LogP) is 2.50. The van der Waals surface area contributed by atoms with Crippen LogP contribution in [0.2, 0.25) is 6.32 Å². The van der Waals surface area contributed by atoms with Crippen molar-refractivity contribution in [2.24, 2.45) is 11.7 Å². The number of rotatable bonds is 11. The van der Waals surface area contributed by atoms with Crippen LogP contribution in [0.15, 0.2) is 24.3 Å². The number of carbonyl (C=O) groups is 1. The Hall–Kier alpha value is -1.31. The Labute approximate surface area is 184 Å². The molecule has 1 saturated heterocycles. The molecule has 1 aromatic carbocycles. The Balaban J connectivity index is 1.76. The van der Waals surface area contributed by atoms with Gasteiger partial charge in [-0.15, -0.1) is 0 Å². The molecule has 0 aromatic heterocycles. The molecule has 174 valence electrons. The van der Waals surface area contributed by atoms with E-state index < -0.39 is 30.4 Å². The summed E-state index contributed by atoms with van der Waals surface area (Å²) >= 11 is 1.36. The number of carboxylic acid groups (broad SMARTS) is 1. The van der Waals surface area contributed by atoms with E-state index in [2.05, 4.69) is 4.72 Å². The Bertz CT molecular complexity index is 704. The van der Waals surface area contributed by atoms with Gasteiger partial charge < -0.3 is 20.9 Å². The molecule has 1 aromatic rings. The van der Waals surface area contributed by atoms with Gasteiger partial charge in [0, 0.05) is 31.8 Å². The second kappa shape index (κ2) is 11.5. The number of carboxylic acids is 1. The van der Waals surface area contributed by atoms with E-state index in [1.807, 2.05) is 4.31 Å². The van der Waals surface area contributed by atoms with E-state index in [1.165, 1.54) is 24.3 Å². The predicted molar refractivity (Wildman–Crippen MR) is 114 cm³/mol. The van der Waals surface area contributed by atoms with Crippen molar-refractivity contribution in [1.29, 1.82) is 0 Å². The number of aliphatic carboxylic acids is 1. The van der Waals surface area contributed by atoms with Crippen LogP contribution in [0.5, 0.6) is 0 Å². The molecule has 0 aliphatic carbocycles. The molecule has 12 heteroatoms. The van der Waals surface area contributed by atoms with Crippen LogP contribution in [0.3, 0.4) is 0 Å². The molecule has 1 aliphatic rings. The van der Waals surface area contributed by atoms with Crippen molar-refractivity contribution in [1.82, 2.24) is 9.03 Å². The first kappa shape index (κ1) is 26.0. The SMILES string of the molecule is NC(CCCCB(O)O)(C(=O)O)C1CCN(SNCc2ccc(C(F)(F)F)cc2)CC1. The summed E-state index contributed by atoms with van der Waals surface area (Å²) in [5.74, 6) is -1.22. The molecule has 1 atom stereocenters. The molecule has 0 spiro atoms. The van der Waals surface area contributed by atoms with E-state index in [-0.39, 0.29) is 18.7 Å². The highest BCUT2D eigenvalue weighted by Gasteiger charge is 2.43. The third-order valence-corrected chi connectivity index (χ3v) is 6.53. The van der Waals surface area contributed by atoms with Crippen LogP contribution in [0.25, 0.3) is 0 Å². The zero-order chi connectivity index (χ0) is 23.1. The van der Waals surface area contributed by atoms with E-state index >= 15 is 0 Å². The van der Waals surface area contributed by atoms with Crippen LogP contribution in [0.4, 0.5) is 13.2 Å². The van der Waals surface area contributed by atoms with Gasteiger partial charge in [-0.1, -0.05) is 25.0 Å². The van der Waals surface area contributed by atoms with E-state index in [9.17, 15) is 23.1 Å². The number of hydrogen-bond donors (Lipinski definition) is 5. The summed E-state index contributed by atoms with van der Waals surface area (Å²) in [6, 6.07) is 4.99. The fraction of sp³-hybridized carbons (Fsp3) is 0.632. The van der Waals surface area contributed by atoms with Crippen molar-refractivity contribution in [3.8, 4) is 0 Å². The van der Waals surface area contributed by atoms with E-state index in [1.54, 1.807) is 0 Å². The highest BCUT2D eigenvalue weighted by molar-refractivity contribution is 7.95. The fourth-order valence-corrected chi connectivity index (χ4v) is 4.52. The van der Waals surface area contributed by atoms with Crippen LogP contribution < -0.4 is 10.5 Å². The molecule has 0 saturated carbocycles. The highest BCUT2D eigenvalue weighted by atomic mass is 32.2. The zero-order valence-electron chi connectivity index (χ0n) is 17.1. The van der Waals surface area contributed by atoms with Crippen molar-refractivity contribution in [2.75, 3.05) is 13.1 Å². The van der Waals surface area contributed by atoms with Crippen LogP contribution in [0.1, 0.15) is 43.2 Å². The third kappa shape index (κ3) is 7.96. The average molecular weight is 463 g/mol. The van der Waals surface area contributed by atoms with Crippen LogP contribution in [0, 0.1) is 5.92 Å². The molecule has 1 heterocycles. The molecule has 1 aliphatic heterocycles. The van der Waals surface area contributed by atoms with Gasteiger partial charge in [0.05, 0.1) is 5.56 Å². The summed E-state index contributed by atoms with van der Waals surface area (Å²) in [6.07, 6.45) is -1.66. The van der Waals surface area contributed by atoms with Crippen LogP contribution >= 0.6 is 12.1 Å². The zero-order valence-corrected chi connectivity index (χ0v) is 18.0. The fourth-order valence-electron chi connectivity index (χ4n) is 3.71. The lowest BCUT2D eigenvalue weighted by Gasteiger charge is -2.39. The van der Waals surface area contributed by atoms with Crippen molar-refractivity contribution < 1.29 is 33.1 Å². The largest absolute Gasteiger partial charge is 0.480 e. The average Bonchev–Trinajstić information content (AvgIpc) is 2.71. The highest BCUT2D eigenvalue weighted by Crippen LogP contribution is 2.33. The van der Waals surface area contributed by atoms with Gasteiger partial charge in [0.1, 0.15) is 5.54 Å². The van der Waals surface area contributed by atoms with Gasteiger partial charge in [0.2, 0.25) is 0 Å². The van der Waals surface area contributed by atoms with Gasteiger partial charge in [0.25, 0.3) is 0 Å². The summed E-state index contributed by atoms with van der Waals surface area (Å²) in [4.78, 5) is 11.8. The maximum Gasteiger partial charge on any atom is 0.451 e. The molecule has 31 heavy (non-hydrogen) atoms. The van der Waals surface area contributed by atoms with Gasteiger partial charge in [-0.05, 0) is 49.2 Å². The number of hydrogen-bond acceptors (Lipinski definition) is 7. The Morgan fingerprint density at radius 3 is 2.32 bits per heavy atom. The minimum atomic E-state index is -4.35. The monoisotopic (exact) mass is 463 g/mol. The second-order valence-corrected chi connectivity index (χ2v) is 8.87. The summed E-state index contributed by atoms with van der Waals surface area (Å²) in [5.41, 5.74) is 4.96. The maximum atomic E-state index is 12.6. The van der Waals surface area contributed by atoms with E-state index in [0.717, 1.165) is 17.7 Å². The van der Waals surface area contributed by atoms with E-state index in [0.29, 0.717) is 45.3 Å². The van der Waals surface area contributed by atoms with Gasteiger partial charge in [0.15, 0.2) is 0 Å². The molecule has 7 nitrogen and oxygen atoms in total. The standard InChI is InChI=1S/C19H29BF3N3O4S/c21-19(22,23)16-5-3-14(4-6-16)13-25-31-26-11-7-15(8-12-26)18(24,17(27)28)9-1-2-10-20(29)30/h3-6,15,25,29-30H,1-2,7-13,24H2,(H,27,28). The van der Waals surface area contributed by atoms with E-state index in [4.69, 9.17) is 15.8 Å². The Morgan fingerprint density at radius 1 is 1.19 bits per heavy atom. The number of halogens is 3. The lowest BCUT2D eigenvalue weighted by Crippen LogP contribution is -2.56. The molecular formula is C19H29BF3N3O4S. The maximum absolute atomic E-state index is 12.6. The molecule has 6 N–H and O–H groups in total. The molecular weight excluding hydrogens is 434 g/mol. The van der Waals surface area contributed by atoms with Gasteiger partial charge in [-0.2, -0.15) is 13.2 Å². The number of nitrogens with one attached hydrogen (secondary N) is 1. The molecule has 2 rings (SSSR count). The number of nitrogens with zero attached hydrogens (tertiary/aromatic N) is 1. The minimum Gasteiger partial charge on any atom is -0.480 e. The van der Waals surface area contributed by atoms with Crippen molar-refractivity contribution in [3.63, 3.8) is 0 Å². The quantitative estimate of drug-likeness (QED) is 0.193. The molecule has 1 fully saturated rings. The topological polar surface area (TPSA) is 119 Å². The number of alkyl halides is 3. The van der Waals surface area contributed by atoms with Gasteiger partial charge >= 0.3 is 19.3 Å². The third-order valence-electron chi connectivity index (χ3n) is 5.63. The van der Waals surface area contributed by atoms with Gasteiger partial charge in [-0.3, -0.25) is 4.79 Å².